The van der Waals surface area contributed by atoms with E-state index in [1.165, 1.54) is 6.07 Å². The maximum Gasteiger partial charge on any atom is 0.418 e. The van der Waals surface area contributed by atoms with Gasteiger partial charge in [0.15, 0.2) is 0 Å². The minimum absolute atomic E-state index is 0.113. The summed E-state index contributed by atoms with van der Waals surface area (Å²) in [7, 11) is 1.87. The van der Waals surface area contributed by atoms with Gasteiger partial charge in [-0.25, -0.2) is 4.39 Å². The van der Waals surface area contributed by atoms with Crippen molar-refractivity contribution in [1.29, 1.82) is 0 Å². The number of halogens is 4. The van der Waals surface area contributed by atoms with Gasteiger partial charge < -0.3 is 9.55 Å². The average molecular weight is 515 g/mol. The van der Waals surface area contributed by atoms with Crippen LogP contribution in [0.5, 0.6) is 0 Å². The van der Waals surface area contributed by atoms with Gasteiger partial charge in [-0.05, 0) is 43.0 Å². The van der Waals surface area contributed by atoms with Crippen molar-refractivity contribution < 1.29 is 17.6 Å². The molecule has 1 saturated heterocycles. The number of aromatic nitrogens is 5. The molecule has 0 amide bonds. The van der Waals surface area contributed by atoms with E-state index in [2.05, 4.69) is 15.2 Å². The van der Waals surface area contributed by atoms with Crippen LogP contribution in [0, 0.1) is 0 Å². The van der Waals surface area contributed by atoms with Crippen molar-refractivity contribution in [2.75, 3.05) is 13.1 Å². The summed E-state index contributed by atoms with van der Waals surface area (Å²) in [5, 5.41) is 8.14. The third-order valence-electron chi connectivity index (χ3n) is 7.79. The van der Waals surface area contributed by atoms with Gasteiger partial charge in [-0.1, -0.05) is 18.6 Å². The summed E-state index contributed by atoms with van der Waals surface area (Å²) in [6.07, 6.45) is -0.0471. The fourth-order valence-electron chi connectivity index (χ4n) is 5.78. The molecule has 4 heterocycles. The number of pyridine rings is 1. The fraction of sp³-hybridized carbons (Fsp3) is 0.423. The summed E-state index contributed by atoms with van der Waals surface area (Å²) in [5.74, 6) is 0.793. The first kappa shape index (κ1) is 23.9. The molecule has 37 heavy (non-hydrogen) atoms. The Bertz CT molecular complexity index is 1530. The van der Waals surface area contributed by atoms with Crippen LogP contribution in [0.25, 0.3) is 16.6 Å². The van der Waals surface area contributed by atoms with Crippen molar-refractivity contribution in [2.24, 2.45) is 7.05 Å². The fourth-order valence-corrected chi connectivity index (χ4v) is 5.78. The van der Waals surface area contributed by atoms with E-state index in [0.717, 1.165) is 41.4 Å². The lowest BCUT2D eigenvalue weighted by Gasteiger charge is -2.41. The number of benzene rings is 1. The molecule has 0 radical (unpaired) electrons. The Morgan fingerprint density at radius 3 is 2.65 bits per heavy atom. The molecule has 1 atom stereocenters. The molecular weight excluding hydrogens is 488 g/mol. The normalized spacial score (nSPS) is 20.0. The van der Waals surface area contributed by atoms with E-state index in [0.29, 0.717) is 24.3 Å². The van der Waals surface area contributed by atoms with Gasteiger partial charge in [0.05, 0.1) is 11.0 Å². The highest BCUT2D eigenvalue weighted by Crippen LogP contribution is 2.48. The zero-order chi connectivity index (χ0) is 25.9. The van der Waals surface area contributed by atoms with Crippen molar-refractivity contribution in [3.8, 4) is 5.69 Å². The first-order valence-corrected chi connectivity index (χ1v) is 12.3. The van der Waals surface area contributed by atoms with Crippen LogP contribution < -0.4 is 5.56 Å². The molecule has 0 spiro atoms. The van der Waals surface area contributed by atoms with E-state index in [4.69, 9.17) is 0 Å². The zero-order valence-electron chi connectivity index (χ0n) is 20.2. The lowest BCUT2D eigenvalue weighted by atomic mass is 9.63. The number of hydrogen-bond acceptors (Lipinski definition) is 4. The molecule has 1 aliphatic heterocycles. The molecule has 194 valence electrons. The highest BCUT2D eigenvalue weighted by atomic mass is 19.4. The Kier molecular flexibility index (Phi) is 5.52. The molecule has 3 aromatic heterocycles. The van der Waals surface area contributed by atoms with Gasteiger partial charge in [0.2, 0.25) is 0 Å². The van der Waals surface area contributed by atoms with E-state index in [-0.39, 0.29) is 24.0 Å². The predicted octanol–water partition coefficient (Wildman–Crippen LogP) is 4.48. The van der Waals surface area contributed by atoms with Crippen LogP contribution in [0.4, 0.5) is 17.6 Å². The molecular formula is C26H26F4N6O. The standard InChI is InChI=1S/C26H26F4N6O/c1-34-15-31-33-24(34)25(7-3-8-25)16-4-2-5-19(10-16)36-14-21(26(28,29)30)20-11-18(32-22(20)23(36)37)13-35-9-6-17(27)12-35/h2,4-5,10-11,14-15,17,32H,3,6-9,12-13H2,1H3/t17-/m1/s1. The maximum atomic E-state index is 14.2. The number of aromatic amines is 1. The SMILES string of the molecule is Cn1cnnc1C1(c2cccc(-n3cc(C(F)(F)F)c4cc(CN5CC[C@@H](F)C5)[nH]c4c3=O)c2)CCC1. The summed E-state index contributed by atoms with van der Waals surface area (Å²) in [6, 6.07) is 8.45. The summed E-state index contributed by atoms with van der Waals surface area (Å²) in [4.78, 5) is 18.2. The van der Waals surface area contributed by atoms with Crippen LogP contribution in [0.15, 0.2) is 47.7 Å². The number of likely N-dealkylation sites (tertiary alicyclic amines) is 1. The number of nitrogens with zero attached hydrogens (tertiary/aromatic N) is 5. The van der Waals surface area contributed by atoms with Crippen molar-refractivity contribution in [2.45, 2.75) is 50.0 Å². The number of fused-ring (bicyclic) bond motifs is 1. The molecule has 1 saturated carbocycles. The number of rotatable bonds is 5. The van der Waals surface area contributed by atoms with Crippen LogP contribution in [-0.2, 0) is 25.2 Å². The van der Waals surface area contributed by atoms with Gasteiger partial charge in [0.25, 0.3) is 5.56 Å². The van der Waals surface area contributed by atoms with Crippen LogP contribution in [0.1, 0.15) is 48.3 Å². The van der Waals surface area contributed by atoms with Gasteiger partial charge in [-0.3, -0.25) is 14.3 Å². The highest BCUT2D eigenvalue weighted by Gasteiger charge is 2.44. The van der Waals surface area contributed by atoms with Crippen LogP contribution in [0.2, 0.25) is 0 Å². The molecule has 1 aromatic carbocycles. The monoisotopic (exact) mass is 514 g/mol. The number of alkyl halides is 4. The maximum absolute atomic E-state index is 14.2. The molecule has 0 unspecified atom stereocenters. The Balaban J connectivity index is 1.46. The van der Waals surface area contributed by atoms with Crippen molar-refractivity contribution in [3.05, 3.63) is 75.9 Å². The van der Waals surface area contributed by atoms with Gasteiger partial charge in [0, 0.05) is 49.6 Å². The van der Waals surface area contributed by atoms with Crippen LogP contribution in [0.3, 0.4) is 0 Å². The summed E-state index contributed by atoms with van der Waals surface area (Å²) in [5.41, 5.74) is -0.296. The summed E-state index contributed by atoms with van der Waals surface area (Å²) < 4.78 is 59.0. The first-order valence-electron chi connectivity index (χ1n) is 12.3. The Morgan fingerprint density at radius 2 is 2.03 bits per heavy atom. The van der Waals surface area contributed by atoms with Gasteiger partial charge >= 0.3 is 6.18 Å². The molecule has 1 aliphatic carbocycles. The van der Waals surface area contributed by atoms with Gasteiger partial charge in [-0.2, -0.15) is 13.2 Å². The topological polar surface area (TPSA) is 71.7 Å². The lowest BCUT2D eigenvalue weighted by Crippen LogP contribution is -2.38. The molecule has 0 bridgehead atoms. The number of hydrogen-bond donors (Lipinski definition) is 1. The third kappa shape index (κ3) is 3.96. The van der Waals surface area contributed by atoms with E-state index >= 15 is 0 Å². The number of H-pyrrole nitrogens is 1. The van der Waals surface area contributed by atoms with E-state index in [1.54, 1.807) is 24.5 Å². The zero-order valence-corrected chi connectivity index (χ0v) is 20.2. The molecule has 2 fully saturated rings. The first-order chi connectivity index (χ1) is 17.7. The second kappa shape index (κ2) is 8.54. The average Bonchev–Trinajstić information content (AvgIpc) is 3.54. The van der Waals surface area contributed by atoms with Crippen molar-refractivity contribution in [3.63, 3.8) is 0 Å². The molecule has 1 N–H and O–H groups in total. The molecule has 2 aliphatic rings. The minimum atomic E-state index is -4.67. The van der Waals surface area contributed by atoms with Gasteiger partial charge in [-0.15, -0.1) is 10.2 Å². The second-order valence-corrected chi connectivity index (χ2v) is 10.2. The van der Waals surface area contributed by atoms with Crippen LogP contribution >= 0.6 is 0 Å². The van der Waals surface area contributed by atoms with Crippen molar-refractivity contribution in [1.82, 2.24) is 29.2 Å². The molecule has 7 nitrogen and oxygen atoms in total. The summed E-state index contributed by atoms with van der Waals surface area (Å²) >= 11 is 0. The molecule has 6 rings (SSSR count). The van der Waals surface area contributed by atoms with Gasteiger partial charge in [0.1, 0.15) is 23.8 Å². The largest absolute Gasteiger partial charge is 0.418 e. The number of nitrogens with one attached hydrogen (secondary N) is 1. The molecule has 4 aromatic rings. The summed E-state index contributed by atoms with van der Waals surface area (Å²) in [6.45, 7) is 1.00. The van der Waals surface area contributed by atoms with E-state index in [1.807, 2.05) is 22.6 Å². The van der Waals surface area contributed by atoms with E-state index < -0.39 is 28.9 Å². The Labute approximate surface area is 209 Å². The lowest BCUT2D eigenvalue weighted by molar-refractivity contribution is -0.136. The quantitative estimate of drug-likeness (QED) is 0.399. The van der Waals surface area contributed by atoms with Crippen LogP contribution in [-0.4, -0.2) is 48.5 Å². The third-order valence-corrected chi connectivity index (χ3v) is 7.79. The van der Waals surface area contributed by atoms with E-state index in [9.17, 15) is 22.4 Å². The Hall–Kier alpha value is -3.47. The smallest absolute Gasteiger partial charge is 0.353 e. The highest BCUT2D eigenvalue weighted by molar-refractivity contribution is 5.84. The second-order valence-electron chi connectivity index (χ2n) is 10.2. The van der Waals surface area contributed by atoms with Crippen molar-refractivity contribution >= 4 is 10.9 Å². The predicted molar refractivity (Wildman–Crippen MR) is 129 cm³/mol. The molecule has 11 heteroatoms. The number of aryl methyl sites for hydroxylation is 1. The Morgan fingerprint density at radius 1 is 1.22 bits per heavy atom. The minimum Gasteiger partial charge on any atom is -0.353 e.